The van der Waals surface area contributed by atoms with Crippen LogP contribution in [0.5, 0.6) is 5.75 Å². The molecule has 2 atom stereocenters. The molecule has 0 N–H and O–H groups in total. The van der Waals surface area contributed by atoms with Crippen LogP contribution in [0.25, 0.3) is 11.1 Å². The summed E-state index contributed by atoms with van der Waals surface area (Å²) in [4.78, 5) is 20.0. The lowest BCUT2D eigenvalue weighted by Crippen LogP contribution is -2.26. The van der Waals surface area contributed by atoms with Gasteiger partial charge in [0.2, 0.25) is 0 Å². The van der Waals surface area contributed by atoms with E-state index in [1.807, 2.05) is 24.5 Å². The Morgan fingerprint density at radius 1 is 1.14 bits per heavy atom. The van der Waals surface area contributed by atoms with E-state index in [4.69, 9.17) is 14.2 Å². The molecular formula is C23H30N2O4. The Kier molecular flexibility index (Phi) is 8.14. The maximum atomic E-state index is 11.0. The predicted octanol–water partition coefficient (Wildman–Crippen LogP) is 4.71. The fourth-order valence-electron chi connectivity index (χ4n) is 3.37. The average Bonchev–Trinajstić information content (AvgIpc) is 2.73. The Morgan fingerprint density at radius 2 is 1.90 bits per heavy atom. The third-order valence-corrected chi connectivity index (χ3v) is 4.94. The van der Waals surface area contributed by atoms with Gasteiger partial charge in [-0.2, -0.15) is 0 Å². The zero-order valence-corrected chi connectivity index (χ0v) is 17.3. The van der Waals surface area contributed by atoms with E-state index in [1.54, 1.807) is 12.1 Å². The van der Waals surface area contributed by atoms with Gasteiger partial charge in [0.1, 0.15) is 11.6 Å². The number of ether oxygens (including phenoxy) is 3. The van der Waals surface area contributed by atoms with Crippen LogP contribution in [0.3, 0.4) is 0 Å². The minimum Gasteiger partial charge on any atom is -0.427 e. The average molecular weight is 399 g/mol. The van der Waals surface area contributed by atoms with E-state index in [0.29, 0.717) is 5.75 Å². The van der Waals surface area contributed by atoms with Gasteiger partial charge in [-0.1, -0.05) is 18.6 Å². The Balaban J connectivity index is 1.39. The van der Waals surface area contributed by atoms with E-state index in [9.17, 15) is 4.79 Å². The van der Waals surface area contributed by atoms with Gasteiger partial charge in [-0.15, -0.1) is 0 Å². The molecule has 156 valence electrons. The quantitative estimate of drug-likeness (QED) is 0.346. The first-order valence-electron chi connectivity index (χ1n) is 10.5. The fraction of sp³-hybridized carbons (Fsp3) is 0.522. The second-order valence-electron chi connectivity index (χ2n) is 7.49. The molecule has 1 aromatic heterocycles. The van der Waals surface area contributed by atoms with Gasteiger partial charge >= 0.3 is 5.97 Å². The standard InChI is InChI=1S/C23H30N2O4/c1-17(28-23-9-5-6-14-27-23)7-3-4-8-22-24-15-20(16-25-22)19-10-12-21(13-11-19)29-18(2)26/h10-13,15-17,23H,3-9,14H2,1-2H3. The largest absolute Gasteiger partial charge is 0.427 e. The van der Waals surface area contributed by atoms with E-state index in [-0.39, 0.29) is 18.4 Å². The lowest BCUT2D eigenvalue weighted by atomic mass is 10.1. The van der Waals surface area contributed by atoms with Crippen molar-refractivity contribution >= 4 is 5.97 Å². The van der Waals surface area contributed by atoms with Gasteiger partial charge in [0, 0.05) is 37.9 Å². The monoisotopic (exact) mass is 398 g/mol. The van der Waals surface area contributed by atoms with Crippen molar-refractivity contribution in [3.63, 3.8) is 0 Å². The van der Waals surface area contributed by atoms with Gasteiger partial charge < -0.3 is 14.2 Å². The Hall–Kier alpha value is -2.31. The van der Waals surface area contributed by atoms with Crippen LogP contribution in [0.4, 0.5) is 0 Å². The van der Waals surface area contributed by atoms with Gasteiger partial charge in [-0.25, -0.2) is 9.97 Å². The van der Waals surface area contributed by atoms with Crippen molar-refractivity contribution < 1.29 is 19.0 Å². The molecule has 0 saturated carbocycles. The van der Waals surface area contributed by atoms with Gasteiger partial charge in [0.25, 0.3) is 0 Å². The zero-order chi connectivity index (χ0) is 20.5. The Morgan fingerprint density at radius 3 is 2.55 bits per heavy atom. The Bertz CT molecular complexity index is 755. The lowest BCUT2D eigenvalue weighted by molar-refractivity contribution is -0.185. The fourth-order valence-corrected chi connectivity index (χ4v) is 3.37. The summed E-state index contributed by atoms with van der Waals surface area (Å²) in [7, 11) is 0. The molecule has 2 unspecified atom stereocenters. The van der Waals surface area contributed by atoms with Crippen LogP contribution >= 0.6 is 0 Å². The van der Waals surface area contributed by atoms with Crippen LogP contribution < -0.4 is 4.74 Å². The molecule has 0 spiro atoms. The van der Waals surface area contributed by atoms with Crippen LogP contribution in [0.15, 0.2) is 36.7 Å². The topological polar surface area (TPSA) is 70.5 Å². The van der Waals surface area contributed by atoms with Crippen molar-refractivity contribution in [2.24, 2.45) is 0 Å². The number of nitrogens with zero attached hydrogens (tertiary/aromatic N) is 2. The van der Waals surface area contributed by atoms with E-state index >= 15 is 0 Å². The molecule has 1 aliphatic rings. The molecule has 6 heteroatoms. The first-order chi connectivity index (χ1) is 14.1. The SMILES string of the molecule is CC(=O)Oc1ccc(-c2cnc(CCCCC(C)OC3CCCCO3)nc2)cc1. The maximum Gasteiger partial charge on any atom is 0.308 e. The third-order valence-electron chi connectivity index (χ3n) is 4.94. The number of benzene rings is 1. The highest BCUT2D eigenvalue weighted by atomic mass is 16.7. The molecule has 3 rings (SSSR count). The second kappa shape index (κ2) is 11.0. The van der Waals surface area contributed by atoms with Crippen molar-refractivity contribution in [1.29, 1.82) is 0 Å². The van der Waals surface area contributed by atoms with Crippen LogP contribution in [0, 0.1) is 0 Å². The molecule has 0 bridgehead atoms. The normalized spacial score (nSPS) is 17.7. The summed E-state index contributed by atoms with van der Waals surface area (Å²) in [6.45, 7) is 4.33. The summed E-state index contributed by atoms with van der Waals surface area (Å²) in [5, 5.41) is 0. The van der Waals surface area contributed by atoms with E-state index in [0.717, 1.165) is 62.1 Å². The molecule has 1 aliphatic heterocycles. The molecule has 1 fully saturated rings. The molecule has 6 nitrogen and oxygen atoms in total. The molecule has 29 heavy (non-hydrogen) atoms. The molecule has 0 radical (unpaired) electrons. The van der Waals surface area contributed by atoms with Gasteiger partial charge in [-0.05, 0) is 56.7 Å². The number of unbranched alkanes of at least 4 members (excludes halogenated alkanes) is 1. The number of aryl methyl sites for hydroxylation is 1. The molecule has 1 aromatic carbocycles. The summed E-state index contributed by atoms with van der Waals surface area (Å²) in [6, 6.07) is 7.33. The van der Waals surface area contributed by atoms with Crippen LogP contribution in [-0.4, -0.2) is 34.9 Å². The minimum absolute atomic E-state index is 0.0160. The highest BCUT2D eigenvalue weighted by Gasteiger charge is 2.16. The first kappa shape index (κ1) is 21.4. The first-order valence-corrected chi connectivity index (χ1v) is 10.5. The van der Waals surface area contributed by atoms with Gasteiger partial charge in [0.05, 0.1) is 6.10 Å². The third kappa shape index (κ3) is 7.22. The second-order valence-corrected chi connectivity index (χ2v) is 7.49. The number of carbonyl (C=O) groups excluding carboxylic acids is 1. The van der Waals surface area contributed by atoms with Crippen LogP contribution in [0.1, 0.15) is 58.2 Å². The highest BCUT2D eigenvalue weighted by Crippen LogP contribution is 2.22. The van der Waals surface area contributed by atoms with Crippen LogP contribution in [0.2, 0.25) is 0 Å². The van der Waals surface area contributed by atoms with E-state index in [2.05, 4.69) is 16.9 Å². The van der Waals surface area contributed by atoms with Crippen molar-refractivity contribution in [2.45, 2.75) is 71.2 Å². The summed E-state index contributed by atoms with van der Waals surface area (Å²) in [5.74, 6) is 1.07. The number of hydrogen-bond donors (Lipinski definition) is 0. The van der Waals surface area contributed by atoms with E-state index < -0.39 is 0 Å². The summed E-state index contributed by atoms with van der Waals surface area (Å²) in [5.41, 5.74) is 1.93. The molecule has 0 amide bonds. The number of carbonyl (C=O) groups is 1. The maximum absolute atomic E-state index is 11.0. The number of esters is 1. The molecule has 2 heterocycles. The smallest absolute Gasteiger partial charge is 0.308 e. The van der Waals surface area contributed by atoms with Gasteiger partial charge in [0.15, 0.2) is 6.29 Å². The number of hydrogen-bond acceptors (Lipinski definition) is 6. The molecular weight excluding hydrogens is 368 g/mol. The van der Waals surface area contributed by atoms with Gasteiger partial charge in [-0.3, -0.25) is 4.79 Å². The number of rotatable bonds is 9. The Labute approximate surface area is 172 Å². The van der Waals surface area contributed by atoms with Crippen molar-refractivity contribution in [3.8, 4) is 16.9 Å². The van der Waals surface area contributed by atoms with E-state index in [1.165, 1.54) is 13.3 Å². The van der Waals surface area contributed by atoms with Crippen LogP contribution in [-0.2, 0) is 20.7 Å². The molecule has 2 aromatic rings. The predicted molar refractivity (Wildman–Crippen MR) is 110 cm³/mol. The summed E-state index contributed by atoms with van der Waals surface area (Å²) in [6.07, 6.45) is 11.2. The van der Waals surface area contributed by atoms with Crippen molar-refractivity contribution in [1.82, 2.24) is 9.97 Å². The lowest BCUT2D eigenvalue weighted by Gasteiger charge is -2.26. The highest BCUT2D eigenvalue weighted by molar-refractivity contribution is 5.70. The molecule has 0 aliphatic carbocycles. The molecule has 1 saturated heterocycles. The van der Waals surface area contributed by atoms with Crippen molar-refractivity contribution in [2.75, 3.05) is 6.61 Å². The zero-order valence-electron chi connectivity index (χ0n) is 17.3. The van der Waals surface area contributed by atoms with Crippen molar-refractivity contribution in [3.05, 3.63) is 42.5 Å². The summed E-state index contributed by atoms with van der Waals surface area (Å²) >= 11 is 0. The minimum atomic E-state index is -0.325. The summed E-state index contributed by atoms with van der Waals surface area (Å²) < 4.78 is 16.6. The number of aromatic nitrogens is 2.